The Labute approximate surface area is 62.7 Å². The van der Waals surface area contributed by atoms with Gasteiger partial charge in [0.15, 0.2) is 0 Å². The standard InChI is InChI=1S/C8H16N2/c1-6(2)9-8-5-4-7(3)10-8/h6-7H,4-5H2,1-3H3,(H,9,10). The number of nitrogens with zero attached hydrogens (tertiary/aromatic N) is 1. The molecule has 0 saturated carbocycles. The highest BCUT2D eigenvalue weighted by Gasteiger charge is 2.12. The molecule has 2 nitrogen and oxygen atoms in total. The summed E-state index contributed by atoms with van der Waals surface area (Å²) in [5, 5.41) is 3.32. The zero-order chi connectivity index (χ0) is 7.56. The van der Waals surface area contributed by atoms with Crippen LogP contribution in [0.1, 0.15) is 33.6 Å². The van der Waals surface area contributed by atoms with Crippen molar-refractivity contribution in [1.29, 1.82) is 0 Å². The van der Waals surface area contributed by atoms with E-state index >= 15 is 0 Å². The summed E-state index contributed by atoms with van der Waals surface area (Å²) in [6, 6.07) is 1.07. The molecule has 1 atom stereocenters. The molecule has 58 valence electrons. The molecular formula is C8H16N2. The fourth-order valence-electron chi connectivity index (χ4n) is 1.18. The first kappa shape index (κ1) is 7.58. The molecule has 0 saturated heterocycles. The maximum Gasteiger partial charge on any atom is 0.0969 e. The van der Waals surface area contributed by atoms with Gasteiger partial charge in [0.2, 0.25) is 0 Å². The van der Waals surface area contributed by atoms with Crippen molar-refractivity contribution >= 4 is 5.84 Å². The molecule has 0 aliphatic carbocycles. The predicted octanol–water partition coefficient (Wildman–Crippen LogP) is 1.57. The molecule has 1 N–H and O–H groups in total. The first-order chi connectivity index (χ1) is 4.68. The maximum atomic E-state index is 4.43. The molecule has 2 heteroatoms. The summed E-state index contributed by atoms with van der Waals surface area (Å²) in [6.45, 7) is 6.45. The fourth-order valence-corrected chi connectivity index (χ4v) is 1.18. The van der Waals surface area contributed by atoms with Crippen LogP contribution in [0.2, 0.25) is 0 Å². The smallest absolute Gasteiger partial charge is 0.0969 e. The molecule has 1 rings (SSSR count). The van der Waals surface area contributed by atoms with Crippen LogP contribution in [-0.4, -0.2) is 17.9 Å². The summed E-state index contributed by atoms with van der Waals surface area (Å²) in [5.41, 5.74) is 0. The van der Waals surface area contributed by atoms with Crippen molar-refractivity contribution < 1.29 is 0 Å². The molecule has 10 heavy (non-hydrogen) atoms. The van der Waals surface area contributed by atoms with Gasteiger partial charge in [-0.15, -0.1) is 0 Å². The van der Waals surface area contributed by atoms with E-state index in [1.807, 2.05) is 0 Å². The maximum absolute atomic E-state index is 4.43. The molecule has 1 aliphatic heterocycles. The largest absolute Gasteiger partial charge is 0.372 e. The second-order valence-corrected chi connectivity index (χ2v) is 3.26. The van der Waals surface area contributed by atoms with Gasteiger partial charge >= 0.3 is 0 Å². The topological polar surface area (TPSA) is 24.4 Å². The van der Waals surface area contributed by atoms with E-state index < -0.39 is 0 Å². The predicted molar refractivity (Wildman–Crippen MR) is 44.4 cm³/mol. The van der Waals surface area contributed by atoms with E-state index in [0.717, 1.165) is 6.42 Å². The zero-order valence-corrected chi connectivity index (χ0v) is 7.02. The van der Waals surface area contributed by atoms with Crippen LogP contribution in [0.5, 0.6) is 0 Å². The molecule has 1 aliphatic rings. The van der Waals surface area contributed by atoms with E-state index in [9.17, 15) is 0 Å². The lowest BCUT2D eigenvalue weighted by Crippen LogP contribution is -2.28. The molecule has 0 spiro atoms. The summed E-state index contributed by atoms with van der Waals surface area (Å²) in [6.07, 6.45) is 2.36. The molecule has 0 fully saturated rings. The van der Waals surface area contributed by atoms with Crippen LogP contribution in [0.15, 0.2) is 4.99 Å². The Morgan fingerprint density at radius 2 is 2.30 bits per heavy atom. The van der Waals surface area contributed by atoms with Crippen molar-refractivity contribution in [3.05, 3.63) is 0 Å². The zero-order valence-electron chi connectivity index (χ0n) is 7.02. The van der Waals surface area contributed by atoms with Gasteiger partial charge in [-0.1, -0.05) is 0 Å². The van der Waals surface area contributed by atoms with Gasteiger partial charge in [-0.05, 0) is 27.2 Å². The lowest BCUT2D eigenvalue weighted by atomic mass is 10.2. The fraction of sp³-hybridized carbons (Fsp3) is 0.875. The molecule has 0 amide bonds. The van der Waals surface area contributed by atoms with Crippen molar-refractivity contribution in [1.82, 2.24) is 5.32 Å². The number of amidine groups is 1. The third-order valence-corrected chi connectivity index (χ3v) is 1.63. The summed E-state index contributed by atoms with van der Waals surface area (Å²) >= 11 is 0. The quantitative estimate of drug-likeness (QED) is 0.587. The Kier molecular flexibility index (Phi) is 2.30. The minimum absolute atomic E-state index is 0.532. The van der Waals surface area contributed by atoms with Crippen molar-refractivity contribution in [2.45, 2.75) is 45.7 Å². The van der Waals surface area contributed by atoms with Gasteiger partial charge in [-0.2, -0.15) is 0 Å². The van der Waals surface area contributed by atoms with Crippen molar-refractivity contribution in [2.24, 2.45) is 4.99 Å². The van der Waals surface area contributed by atoms with E-state index in [4.69, 9.17) is 0 Å². The summed E-state index contributed by atoms with van der Waals surface area (Å²) in [7, 11) is 0. The summed E-state index contributed by atoms with van der Waals surface area (Å²) in [4.78, 5) is 4.43. The number of hydrogen-bond acceptors (Lipinski definition) is 2. The highest BCUT2D eigenvalue weighted by molar-refractivity contribution is 5.84. The molecule has 0 aromatic carbocycles. The van der Waals surface area contributed by atoms with Gasteiger partial charge in [0.25, 0.3) is 0 Å². The Bertz CT molecular complexity index is 138. The van der Waals surface area contributed by atoms with E-state index in [0.29, 0.717) is 12.1 Å². The highest BCUT2D eigenvalue weighted by atomic mass is 15.0. The van der Waals surface area contributed by atoms with Gasteiger partial charge in [0, 0.05) is 18.5 Å². The van der Waals surface area contributed by atoms with E-state index in [-0.39, 0.29) is 0 Å². The van der Waals surface area contributed by atoms with E-state index in [1.54, 1.807) is 0 Å². The van der Waals surface area contributed by atoms with Crippen LogP contribution in [0, 0.1) is 0 Å². The van der Waals surface area contributed by atoms with Crippen LogP contribution in [0.4, 0.5) is 0 Å². The van der Waals surface area contributed by atoms with Gasteiger partial charge in [0.05, 0.1) is 5.84 Å². The Morgan fingerprint density at radius 3 is 2.70 bits per heavy atom. The minimum Gasteiger partial charge on any atom is -0.372 e. The summed E-state index contributed by atoms with van der Waals surface area (Å²) < 4.78 is 0. The first-order valence-electron chi connectivity index (χ1n) is 4.01. The van der Waals surface area contributed by atoms with Gasteiger partial charge in [-0.25, -0.2) is 0 Å². The number of aliphatic imine (C=N–C) groups is 1. The molecule has 0 aromatic heterocycles. The van der Waals surface area contributed by atoms with Gasteiger partial charge < -0.3 is 5.32 Å². The third kappa shape index (κ3) is 2.01. The van der Waals surface area contributed by atoms with Gasteiger partial charge in [0.1, 0.15) is 0 Å². The minimum atomic E-state index is 0.532. The average Bonchev–Trinajstić information content (AvgIpc) is 2.13. The van der Waals surface area contributed by atoms with E-state index in [1.165, 1.54) is 12.3 Å². The lowest BCUT2D eigenvalue weighted by Gasteiger charge is -2.07. The molecule has 0 radical (unpaired) electrons. The number of hydrogen-bond donors (Lipinski definition) is 1. The van der Waals surface area contributed by atoms with Crippen molar-refractivity contribution in [3.8, 4) is 0 Å². The SMILES string of the molecule is CC1CCC(NC(C)C)=N1. The normalized spacial score (nSPS) is 25.2. The highest BCUT2D eigenvalue weighted by Crippen LogP contribution is 2.10. The number of nitrogens with one attached hydrogen (secondary N) is 1. The van der Waals surface area contributed by atoms with Crippen LogP contribution < -0.4 is 5.32 Å². The molecule has 0 bridgehead atoms. The monoisotopic (exact) mass is 140 g/mol. The van der Waals surface area contributed by atoms with Crippen LogP contribution in [0.3, 0.4) is 0 Å². The lowest BCUT2D eigenvalue weighted by molar-refractivity contribution is 0.724. The summed E-state index contributed by atoms with van der Waals surface area (Å²) in [5.74, 6) is 1.20. The third-order valence-electron chi connectivity index (χ3n) is 1.63. The van der Waals surface area contributed by atoms with Crippen LogP contribution in [0.25, 0.3) is 0 Å². The van der Waals surface area contributed by atoms with Crippen molar-refractivity contribution in [3.63, 3.8) is 0 Å². The Balaban J connectivity index is 2.35. The Hall–Kier alpha value is -0.530. The van der Waals surface area contributed by atoms with Crippen molar-refractivity contribution in [2.75, 3.05) is 0 Å². The molecule has 0 aromatic rings. The van der Waals surface area contributed by atoms with Gasteiger partial charge in [-0.3, -0.25) is 4.99 Å². The second-order valence-electron chi connectivity index (χ2n) is 3.26. The average molecular weight is 140 g/mol. The second kappa shape index (κ2) is 3.04. The van der Waals surface area contributed by atoms with Crippen LogP contribution >= 0.6 is 0 Å². The molecule has 1 heterocycles. The first-order valence-corrected chi connectivity index (χ1v) is 4.01. The molecular weight excluding hydrogens is 124 g/mol. The molecule has 1 unspecified atom stereocenters. The number of rotatable bonds is 1. The Morgan fingerprint density at radius 1 is 1.60 bits per heavy atom. The van der Waals surface area contributed by atoms with Crippen LogP contribution in [-0.2, 0) is 0 Å². The van der Waals surface area contributed by atoms with E-state index in [2.05, 4.69) is 31.1 Å².